The Bertz CT molecular complexity index is 1680. The molecule has 2 nitrogen and oxygen atoms in total. The van der Waals surface area contributed by atoms with Gasteiger partial charge in [0.15, 0.2) is 8.07 Å². The minimum Gasteiger partial charge on any atom is -0.497 e. The van der Waals surface area contributed by atoms with Crippen LogP contribution in [-0.2, 0) is 9.12 Å². The minimum absolute atomic E-state index is 0.353. The van der Waals surface area contributed by atoms with Gasteiger partial charge in [0, 0.05) is 0 Å². The van der Waals surface area contributed by atoms with Crippen LogP contribution in [0.15, 0.2) is 170 Å². The van der Waals surface area contributed by atoms with Crippen LogP contribution in [0.4, 0.5) is 0 Å². The van der Waals surface area contributed by atoms with Gasteiger partial charge < -0.3 is 9.47 Å². The first-order chi connectivity index (χ1) is 21.7. The van der Waals surface area contributed by atoms with Crippen molar-refractivity contribution < 1.29 is 9.47 Å². The normalized spacial score (nSPS) is 17.0. The van der Waals surface area contributed by atoms with E-state index >= 15 is 0 Å². The first kappa shape index (κ1) is 28.3. The molecule has 1 atom stereocenters. The Balaban J connectivity index is 1.67. The van der Waals surface area contributed by atoms with E-state index in [1.54, 1.807) is 14.2 Å². The van der Waals surface area contributed by atoms with E-state index < -0.39 is 12.8 Å². The number of rotatable bonds is 9. The molecule has 1 heterocycles. The van der Waals surface area contributed by atoms with Gasteiger partial charge in [0.1, 0.15) is 11.5 Å². The summed E-state index contributed by atoms with van der Waals surface area (Å²) in [7, 11) is 0.532. The van der Waals surface area contributed by atoms with Gasteiger partial charge in [-0.15, -0.1) is 11.8 Å². The molecule has 6 aromatic rings. The molecule has 1 aliphatic rings. The molecule has 4 heteroatoms. The fourth-order valence-electron chi connectivity index (χ4n) is 7.21. The average Bonchev–Trinajstić information content (AvgIpc) is 3.83. The first-order valence-electron chi connectivity index (χ1n) is 14.9. The van der Waals surface area contributed by atoms with E-state index in [4.69, 9.17) is 9.47 Å². The van der Waals surface area contributed by atoms with Crippen LogP contribution in [0.25, 0.3) is 0 Å². The van der Waals surface area contributed by atoms with Gasteiger partial charge in [-0.05, 0) is 56.5 Å². The topological polar surface area (TPSA) is 18.5 Å². The van der Waals surface area contributed by atoms with Crippen molar-refractivity contribution >= 4 is 35.4 Å². The Kier molecular flexibility index (Phi) is 7.41. The van der Waals surface area contributed by atoms with E-state index in [0.29, 0.717) is 0 Å². The molecule has 0 spiro atoms. The minimum atomic E-state index is -2.93. The Labute approximate surface area is 265 Å². The second-order valence-electron chi connectivity index (χ2n) is 11.1. The van der Waals surface area contributed by atoms with Crippen molar-refractivity contribution in [2.24, 2.45) is 0 Å². The van der Waals surface area contributed by atoms with E-state index in [0.717, 1.165) is 11.5 Å². The van der Waals surface area contributed by atoms with Gasteiger partial charge in [-0.25, -0.2) is 0 Å². The van der Waals surface area contributed by atoms with E-state index in [1.807, 2.05) is 0 Å². The van der Waals surface area contributed by atoms with Crippen LogP contribution in [0.1, 0.15) is 16.7 Å². The van der Waals surface area contributed by atoms with Gasteiger partial charge in [-0.2, -0.15) is 0 Å². The monoisotopic (exact) mass is 606 g/mol. The molecule has 1 unspecified atom stereocenters. The van der Waals surface area contributed by atoms with Crippen LogP contribution in [0, 0.1) is 0 Å². The van der Waals surface area contributed by atoms with Crippen molar-refractivity contribution in [2.45, 2.75) is 9.12 Å². The second kappa shape index (κ2) is 11.5. The fraction of sp³-hybridized carbons (Fsp3) is 0.100. The Morgan fingerprint density at radius 1 is 0.409 bits per heavy atom. The van der Waals surface area contributed by atoms with Crippen LogP contribution < -0.4 is 25.0 Å². The number of methoxy groups -OCH3 is 2. The summed E-state index contributed by atoms with van der Waals surface area (Å²) in [5, 5.41) is 4.16. The third-order valence-corrected chi connectivity index (χ3v) is 17.5. The highest BCUT2D eigenvalue weighted by Crippen LogP contribution is 2.81. The quantitative estimate of drug-likeness (QED) is 0.0978. The maximum atomic E-state index is 5.64. The summed E-state index contributed by atoms with van der Waals surface area (Å²) in [6, 6.07) is 62.5. The number of ether oxygens (including phenoxy) is 2. The summed E-state index contributed by atoms with van der Waals surface area (Å²) in [4.78, 5) is 0. The predicted molar refractivity (Wildman–Crippen MR) is 186 cm³/mol. The van der Waals surface area contributed by atoms with Crippen LogP contribution in [0.2, 0.25) is 0 Å². The number of thioether (sulfide) groups is 1. The molecule has 0 bridgehead atoms. The van der Waals surface area contributed by atoms with Crippen molar-refractivity contribution in [3.8, 4) is 11.5 Å². The number of hydrogen-bond donors (Lipinski definition) is 0. The van der Waals surface area contributed by atoms with Crippen LogP contribution in [-0.4, -0.2) is 22.3 Å². The summed E-state index contributed by atoms with van der Waals surface area (Å²) in [5.74, 6) is 1.71. The van der Waals surface area contributed by atoms with E-state index in [-0.39, 0.29) is 4.37 Å². The molecule has 1 fully saturated rings. The average molecular weight is 607 g/mol. The first-order valence-corrected chi connectivity index (χ1v) is 17.7. The third-order valence-electron chi connectivity index (χ3n) is 9.08. The summed E-state index contributed by atoms with van der Waals surface area (Å²) in [6.45, 7) is 0. The van der Waals surface area contributed by atoms with E-state index in [9.17, 15) is 0 Å². The Hall–Kier alpha value is -4.51. The smallest absolute Gasteiger partial charge is 0.171 e. The number of benzene rings is 6. The van der Waals surface area contributed by atoms with Gasteiger partial charge in [-0.3, -0.25) is 0 Å². The lowest BCUT2D eigenvalue weighted by Crippen LogP contribution is -2.75. The summed E-state index contributed by atoms with van der Waals surface area (Å²) in [5.41, 5.74) is 3.86. The molecule has 1 saturated heterocycles. The fourth-order valence-corrected chi connectivity index (χ4v) is 17.0. The van der Waals surface area contributed by atoms with Crippen molar-refractivity contribution in [1.82, 2.24) is 0 Å². The van der Waals surface area contributed by atoms with Gasteiger partial charge in [-0.1, -0.05) is 146 Å². The second-order valence-corrected chi connectivity index (χ2v) is 16.9. The predicted octanol–water partition coefficient (Wildman–Crippen LogP) is 7.30. The molecule has 7 rings (SSSR count). The van der Waals surface area contributed by atoms with E-state index in [2.05, 4.69) is 182 Å². The highest BCUT2D eigenvalue weighted by Gasteiger charge is 2.81. The molecular weight excluding hydrogens is 573 g/mol. The lowest BCUT2D eigenvalue weighted by molar-refractivity contribution is 0.414. The molecule has 6 aromatic carbocycles. The van der Waals surface area contributed by atoms with Crippen LogP contribution in [0.3, 0.4) is 0 Å². The molecule has 0 aromatic heterocycles. The highest BCUT2D eigenvalue weighted by atomic mass is 32.2. The van der Waals surface area contributed by atoms with Gasteiger partial charge >= 0.3 is 0 Å². The van der Waals surface area contributed by atoms with Gasteiger partial charge in [0.25, 0.3) is 0 Å². The lowest BCUT2D eigenvalue weighted by Gasteiger charge is -2.43. The van der Waals surface area contributed by atoms with Crippen molar-refractivity contribution in [2.75, 3.05) is 14.2 Å². The summed E-state index contributed by atoms with van der Waals surface area (Å²) in [6.07, 6.45) is 0. The molecule has 0 aliphatic carbocycles. The van der Waals surface area contributed by atoms with Crippen LogP contribution >= 0.6 is 11.8 Å². The standard InChI is InChI=1S/C40H34O2SSi/c1-41-34-27-23-31(24-28-34)39(32-25-29-35(42-2)30-26-32)40(43-39,33-15-7-3-8-16-33)44(36-17-9-4-10-18-36,37-19-11-5-12-20-37)38-21-13-6-14-22-38/h3-30H,1-2H3. The van der Waals surface area contributed by atoms with Gasteiger partial charge in [0.05, 0.1) is 23.3 Å². The number of hydrogen-bond acceptors (Lipinski definition) is 3. The molecule has 0 N–H and O–H groups in total. The summed E-state index contributed by atoms with van der Waals surface area (Å²) >= 11 is 2.09. The summed E-state index contributed by atoms with van der Waals surface area (Å²) < 4.78 is 10.5. The van der Waals surface area contributed by atoms with Crippen molar-refractivity contribution in [3.63, 3.8) is 0 Å². The highest BCUT2D eigenvalue weighted by molar-refractivity contribution is 8.11. The maximum absolute atomic E-state index is 5.64. The zero-order valence-electron chi connectivity index (χ0n) is 24.9. The third kappa shape index (κ3) is 4.16. The molecule has 0 amide bonds. The molecule has 44 heavy (non-hydrogen) atoms. The molecule has 0 radical (unpaired) electrons. The van der Waals surface area contributed by atoms with Crippen molar-refractivity contribution in [3.05, 3.63) is 187 Å². The molecule has 1 aliphatic heterocycles. The largest absolute Gasteiger partial charge is 0.497 e. The SMILES string of the molecule is COc1ccc(C2(c3ccc(OC)cc3)SC2(c2ccccc2)[Si](c2ccccc2)(c2ccccc2)c2ccccc2)cc1. The lowest BCUT2D eigenvalue weighted by atomic mass is 9.85. The van der Waals surface area contributed by atoms with Crippen LogP contribution in [0.5, 0.6) is 11.5 Å². The zero-order valence-corrected chi connectivity index (χ0v) is 26.7. The van der Waals surface area contributed by atoms with E-state index in [1.165, 1.54) is 32.3 Å². The molecular formula is C40H34O2SSi. The van der Waals surface area contributed by atoms with Crippen molar-refractivity contribution in [1.29, 1.82) is 0 Å². The zero-order chi connectivity index (χ0) is 30.0. The molecule has 0 saturated carbocycles. The Morgan fingerprint density at radius 3 is 1.09 bits per heavy atom. The molecule has 216 valence electrons. The maximum Gasteiger partial charge on any atom is 0.171 e. The Morgan fingerprint density at radius 2 is 0.750 bits per heavy atom. The van der Waals surface area contributed by atoms with Gasteiger partial charge in [0.2, 0.25) is 0 Å².